The van der Waals surface area contributed by atoms with Crippen LogP contribution in [-0.2, 0) is 19.1 Å². The molecule has 0 unspecified atom stereocenters. The van der Waals surface area contributed by atoms with Crippen molar-refractivity contribution < 1.29 is 19.1 Å². The van der Waals surface area contributed by atoms with Crippen molar-refractivity contribution in [3.05, 3.63) is 0 Å². The monoisotopic (exact) mass is 216 g/mol. The molecule has 0 aliphatic carbocycles. The summed E-state index contributed by atoms with van der Waals surface area (Å²) in [6.45, 7) is 2.56. The molecule has 0 fully saturated rings. The van der Waals surface area contributed by atoms with Gasteiger partial charge in [-0.25, -0.2) is 4.79 Å². The first-order chi connectivity index (χ1) is 7.31. The summed E-state index contributed by atoms with van der Waals surface area (Å²) < 4.78 is 9.08. The third kappa shape index (κ3) is 10.9. The highest BCUT2D eigenvalue weighted by molar-refractivity contribution is 5.71. The van der Waals surface area contributed by atoms with E-state index in [1.807, 2.05) is 0 Å². The van der Waals surface area contributed by atoms with E-state index in [-0.39, 0.29) is 13.1 Å². The molecule has 0 radical (unpaired) electrons. The van der Waals surface area contributed by atoms with Gasteiger partial charge in [-0.2, -0.15) is 0 Å². The van der Waals surface area contributed by atoms with E-state index >= 15 is 0 Å². The van der Waals surface area contributed by atoms with E-state index in [2.05, 4.69) is 11.7 Å². The van der Waals surface area contributed by atoms with Crippen LogP contribution in [-0.4, -0.2) is 25.7 Å². The highest BCUT2D eigenvalue weighted by Crippen LogP contribution is 2.04. The number of ether oxygens (including phenoxy) is 2. The second-order valence-corrected chi connectivity index (χ2v) is 3.40. The Kier molecular flexibility index (Phi) is 10.2. The van der Waals surface area contributed by atoms with E-state index in [4.69, 9.17) is 4.74 Å². The van der Waals surface area contributed by atoms with Gasteiger partial charge in [-0.1, -0.05) is 39.0 Å². The summed E-state index contributed by atoms with van der Waals surface area (Å²) in [4.78, 5) is 20.6. The molecular weight excluding hydrogens is 196 g/mol. The fraction of sp³-hybridized carbons (Fsp3) is 0.818. The Balaban J connectivity index is 3.09. The van der Waals surface area contributed by atoms with Crippen molar-refractivity contribution in [1.82, 2.24) is 0 Å². The summed E-state index contributed by atoms with van der Waals surface area (Å²) in [5.74, 6) is -0.476. The molecule has 0 aromatic carbocycles. The van der Waals surface area contributed by atoms with Crippen LogP contribution in [0.15, 0.2) is 0 Å². The largest absolute Gasteiger partial charge is 0.463 e. The van der Waals surface area contributed by atoms with Crippen molar-refractivity contribution in [2.24, 2.45) is 0 Å². The number of rotatable bonds is 10. The quantitative estimate of drug-likeness (QED) is 0.318. The lowest BCUT2D eigenvalue weighted by Crippen LogP contribution is -2.12. The molecule has 0 aromatic heterocycles. The molecule has 0 saturated carbocycles. The lowest BCUT2D eigenvalue weighted by molar-refractivity contribution is -0.153. The molecule has 4 heteroatoms. The third-order valence-corrected chi connectivity index (χ3v) is 2.03. The van der Waals surface area contributed by atoms with Crippen LogP contribution in [0.2, 0.25) is 0 Å². The van der Waals surface area contributed by atoms with Crippen LogP contribution < -0.4 is 0 Å². The van der Waals surface area contributed by atoms with Gasteiger partial charge in [0.2, 0.25) is 0 Å². The molecule has 0 heterocycles. The molecule has 0 aliphatic rings. The number of carbonyl (C=O) groups is 2. The van der Waals surface area contributed by atoms with Crippen molar-refractivity contribution in [3.63, 3.8) is 0 Å². The zero-order valence-electron chi connectivity index (χ0n) is 9.37. The maximum Gasteiger partial charge on any atom is 0.344 e. The van der Waals surface area contributed by atoms with Gasteiger partial charge in [-0.05, 0) is 6.42 Å². The SMILES string of the molecule is CCCCCCCCOC(=O)COC=O. The number of esters is 1. The first-order valence-electron chi connectivity index (χ1n) is 5.52. The van der Waals surface area contributed by atoms with E-state index in [0.717, 1.165) is 12.8 Å². The summed E-state index contributed by atoms with van der Waals surface area (Å²) in [5, 5.41) is 0. The molecular formula is C11H20O4. The number of hydrogen-bond donors (Lipinski definition) is 0. The Hall–Kier alpha value is -1.06. The van der Waals surface area contributed by atoms with Gasteiger partial charge < -0.3 is 9.47 Å². The Morgan fingerprint density at radius 1 is 1.13 bits per heavy atom. The Bertz CT molecular complexity index is 168. The summed E-state index contributed by atoms with van der Waals surface area (Å²) in [6.07, 6.45) is 6.91. The van der Waals surface area contributed by atoms with E-state index in [9.17, 15) is 9.59 Å². The Morgan fingerprint density at radius 3 is 2.47 bits per heavy atom. The third-order valence-electron chi connectivity index (χ3n) is 2.03. The minimum absolute atomic E-state index is 0.242. The molecule has 0 spiro atoms. The topological polar surface area (TPSA) is 52.6 Å². The van der Waals surface area contributed by atoms with Gasteiger partial charge in [0, 0.05) is 0 Å². The van der Waals surface area contributed by atoms with Crippen LogP contribution in [0.3, 0.4) is 0 Å². The molecule has 0 aliphatic heterocycles. The van der Waals surface area contributed by atoms with Crippen LogP contribution in [0.4, 0.5) is 0 Å². The number of unbranched alkanes of at least 4 members (excludes halogenated alkanes) is 5. The first kappa shape index (κ1) is 13.9. The smallest absolute Gasteiger partial charge is 0.344 e. The standard InChI is InChI=1S/C11H20O4/c1-2-3-4-5-6-7-8-15-11(13)9-14-10-12/h10H,2-9H2,1H3. The van der Waals surface area contributed by atoms with Crippen molar-refractivity contribution in [2.45, 2.75) is 45.4 Å². The fourth-order valence-electron chi connectivity index (χ4n) is 1.21. The van der Waals surface area contributed by atoms with Gasteiger partial charge >= 0.3 is 5.97 Å². The number of carbonyl (C=O) groups excluding carboxylic acids is 2. The molecule has 88 valence electrons. The molecule has 0 aromatic rings. The summed E-state index contributed by atoms with van der Waals surface area (Å²) in [5.41, 5.74) is 0. The Labute approximate surface area is 90.9 Å². The minimum atomic E-state index is -0.476. The van der Waals surface area contributed by atoms with Crippen LogP contribution >= 0.6 is 0 Å². The van der Waals surface area contributed by atoms with Gasteiger partial charge in [-0.15, -0.1) is 0 Å². The van der Waals surface area contributed by atoms with Gasteiger partial charge in [0.05, 0.1) is 6.61 Å². The molecule has 0 N–H and O–H groups in total. The highest BCUT2D eigenvalue weighted by atomic mass is 16.6. The normalized spacial score (nSPS) is 9.67. The van der Waals surface area contributed by atoms with Gasteiger partial charge in [0.15, 0.2) is 6.61 Å². The average Bonchev–Trinajstić information content (AvgIpc) is 2.25. The lowest BCUT2D eigenvalue weighted by atomic mass is 10.1. The van der Waals surface area contributed by atoms with Crippen molar-refractivity contribution in [3.8, 4) is 0 Å². The molecule has 15 heavy (non-hydrogen) atoms. The lowest BCUT2D eigenvalue weighted by Gasteiger charge is -2.03. The Morgan fingerprint density at radius 2 is 1.80 bits per heavy atom. The zero-order chi connectivity index (χ0) is 11.4. The van der Waals surface area contributed by atoms with E-state index < -0.39 is 5.97 Å². The van der Waals surface area contributed by atoms with E-state index in [0.29, 0.717) is 6.61 Å². The van der Waals surface area contributed by atoms with Crippen molar-refractivity contribution >= 4 is 12.4 Å². The fourth-order valence-corrected chi connectivity index (χ4v) is 1.21. The molecule has 4 nitrogen and oxygen atoms in total. The van der Waals surface area contributed by atoms with Crippen molar-refractivity contribution in [1.29, 1.82) is 0 Å². The van der Waals surface area contributed by atoms with Crippen LogP contribution in [0.1, 0.15) is 45.4 Å². The van der Waals surface area contributed by atoms with E-state index in [1.54, 1.807) is 0 Å². The van der Waals surface area contributed by atoms with Gasteiger partial charge in [0.1, 0.15) is 0 Å². The van der Waals surface area contributed by atoms with Crippen LogP contribution in [0.25, 0.3) is 0 Å². The van der Waals surface area contributed by atoms with E-state index in [1.165, 1.54) is 25.7 Å². The summed E-state index contributed by atoms with van der Waals surface area (Å²) in [7, 11) is 0. The van der Waals surface area contributed by atoms with Gasteiger partial charge in [0.25, 0.3) is 6.47 Å². The second-order valence-electron chi connectivity index (χ2n) is 3.40. The molecule has 0 amide bonds. The van der Waals surface area contributed by atoms with Crippen LogP contribution in [0, 0.1) is 0 Å². The molecule has 0 rings (SSSR count). The molecule has 0 bridgehead atoms. The molecule has 0 atom stereocenters. The first-order valence-corrected chi connectivity index (χ1v) is 5.52. The predicted octanol–water partition coefficient (Wildman–Crippen LogP) is 2.06. The number of hydrogen-bond acceptors (Lipinski definition) is 4. The maximum absolute atomic E-state index is 10.8. The molecule has 0 saturated heterocycles. The minimum Gasteiger partial charge on any atom is -0.463 e. The van der Waals surface area contributed by atoms with Crippen LogP contribution in [0.5, 0.6) is 0 Å². The highest BCUT2D eigenvalue weighted by Gasteiger charge is 2.01. The predicted molar refractivity (Wildman–Crippen MR) is 56.4 cm³/mol. The maximum atomic E-state index is 10.8. The van der Waals surface area contributed by atoms with Gasteiger partial charge in [-0.3, -0.25) is 4.79 Å². The average molecular weight is 216 g/mol. The summed E-state index contributed by atoms with van der Waals surface area (Å²) >= 11 is 0. The zero-order valence-corrected chi connectivity index (χ0v) is 9.37. The second kappa shape index (κ2) is 11.0. The summed E-state index contributed by atoms with van der Waals surface area (Å²) in [6, 6.07) is 0. The van der Waals surface area contributed by atoms with Crippen molar-refractivity contribution in [2.75, 3.05) is 13.2 Å².